The fraction of sp³-hybridized carbons (Fsp3) is 0.207. The minimum atomic E-state index is -0.399. The van der Waals surface area contributed by atoms with Gasteiger partial charge in [0.05, 0.1) is 17.7 Å². The zero-order chi connectivity index (χ0) is 26.2. The second kappa shape index (κ2) is 9.56. The number of nitriles is 1. The van der Waals surface area contributed by atoms with Crippen LogP contribution in [0.1, 0.15) is 21.5 Å². The van der Waals surface area contributed by atoms with Gasteiger partial charge < -0.3 is 23.8 Å². The molecule has 1 aromatic heterocycles. The van der Waals surface area contributed by atoms with E-state index in [1.165, 1.54) is 12.1 Å². The van der Waals surface area contributed by atoms with Crippen LogP contribution in [0.2, 0.25) is 0 Å². The van der Waals surface area contributed by atoms with Gasteiger partial charge in [0.25, 0.3) is 11.5 Å². The number of anilines is 1. The van der Waals surface area contributed by atoms with Crippen molar-refractivity contribution in [2.45, 2.75) is 6.54 Å². The molecule has 1 amide bonds. The predicted molar refractivity (Wildman–Crippen MR) is 139 cm³/mol. The van der Waals surface area contributed by atoms with E-state index in [0.717, 1.165) is 10.9 Å². The Morgan fingerprint density at radius 2 is 1.68 bits per heavy atom. The minimum Gasteiger partial charge on any atom is -0.454 e. The van der Waals surface area contributed by atoms with Gasteiger partial charge in [0.15, 0.2) is 11.5 Å². The molecule has 3 aromatic carbocycles. The first-order chi connectivity index (χ1) is 18.5. The Balaban J connectivity index is 1.30. The van der Waals surface area contributed by atoms with Crippen LogP contribution in [-0.4, -0.2) is 48.3 Å². The number of hydrogen-bond donors (Lipinski definition) is 0. The number of rotatable bonds is 4. The van der Waals surface area contributed by atoms with Gasteiger partial charge in [-0.1, -0.05) is 30.3 Å². The Bertz CT molecular complexity index is 1650. The summed E-state index contributed by atoms with van der Waals surface area (Å²) in [6, 6.07) is 20.7. The monoisotopic (exact) mass is 510 g/mol. The summed E-state index contributed by atoms with van der Waals surface area (Å²) < 4.78 is 25.7. The zero-order valence-electron chi connectivity index (χ0n) is 20.4. The summed E-state index contributed by atoms with van der Waals surface area (Å²) in [5.74, 6) is 0.718. The fourth-order valence-electron chi connectivity index (χ4n) is 5.09. The van der Waals surface area contributed by atoms with E-state index >= 15 is 0 Å². The highest BCUT2D eigenvalue weighted by Gasteiger charge is 2.28. The summed E-state index contributed by atoms with van der Waals surface area (Å²) in [6.45, 7) is 2.17. The highest BCUT2D eigenvalue weighted by molar-refractivity contribution is 5.96. The molecule has 0 atom stereocenters. The second-order valence-electron chi connectivity index (χ2n) is 9.22. The third-order valence-electron chi connectivity index (χ3n) is 7.01. The number of halogens is 1. The van der Waals surface area contributed by atoms with Crippen molar-refractivity contribution in [2.24, 2.45) is 0 Å². The van der Waals surface area contributed by atoms with E-state index in [4.69, 9.17) is 9.47 Å². The molecule has 1 saturated heterocycles. The molecule has 190 valence electrons. The molecule has 6 rings (SSSR count). The summed E-state index contributed by atoms with van der Waals surface area (Å²) in [4.78, 5) is 30.5. The van der Waals surface area contributed by atoms with Crippen molar-refractivity contribution >= 4 is 22.5 Å². The second-order valence-corrected chi connectivity index (χ2v) is 9.22. The summed E-state index contributed by atoms with van der Waals surface area (Å²) in [5, 5.41) is 10.8. The normalized spacial score (nSPS) is 14.5. The summed E-state index contributed by atoms with van der Waals surface area (Å²) >= 11 is 0. The van der Waals surface area contributed by atoms with Crippen LogP contribution in [0.25, 0.3) is 10.9 Å². The third-order valence-corrected chi connectivity index (χ3v) is 7.01. The molecule has 0 aliphatic carbocycles. The van der Waals surface area contributed by atoms with Crippen LogP contribution in [0.5, 0.6) is 11.5 Å². The molecule has 0 saturated carbocycles. The number of benzene rings is 3. The molecule has 0 N–H and O–H groups in total. The van der Waals surface area contributed by atoms with E-state index in [-0.39, 0.29) is 30.6 Å². The van der Waals surface area contributed by atoms with Crippen molar-refractivity contribution < 1.29 is 18.7 Å². The van der Waals surface area contributed by atoms with Crippen LogP contribution in [0.15, 0.2) is 71.5 Å². The lowest BCUT2D eigenvalue weighted by molar-refractivity contribution is 0.0746. The number of carbonyl (C=O) groups is 1. The highest BCUT2D eigenvalue weighted by Crippen LogP contribution is 2.33. The molecule has 0 spiro atoms. The van der Waals surface area contributed by atoms with Gasteiger partial charge in [0.2, 0.25) is 6.79 Å². The first kappa shape index (κ1) is 23.6. The molecule has 0 radical (unpaired) electrons. The van der Waals surface area contributed by atoms with Crippen molar-refractivity contribution in [1.29, 1.82) is 5.26 Å². The molecule has 2 aliphatic rings. The van der Waals surface area contributed by atoms with Crippen LogP contribution in [-0.2, 0) is 6.54 Å². The lowest BCUT2D eigenvalue weighted by Crippen LogP contribution is -2.49. The molecule has 2 aliphatic heterocycles. The number of ether oxygens (including phenoxy) is 2. The summed E-state index contributed by atoms with van der Waals surface area (Å²) in [7, 11) is 0. The Morgan fingerprint density at radius 1 is 0.947 bits per heavy atom. The zero-order valence-corrected chi connectivity index (χ0v) is 20.4. The maximum Gasteiger partial charge on any atom is 0.271 e. The molecule has 4 aromatic rings. The maximum absolute atomic E-state index is 13.6. The van der Waals surface area contributed by atoms with Crippen LogP contribution in [0, 0.1) is 17.1 Å². The van der Waals surface area contributed by atoms with Crippen LogP contribution in [0.4, 0.5) is 10.1 Å². The molecule has 3 heterocycles. The van der Waals surface area contributed by atoms with Gasteiger partial charge in [0, 0.05) is 37.1 Å². The van der Waals surface area contributed by atoms with Gasteiger partial charge in [-0.2, -0.15) is 5.26 Å². The lowest BCUT2D eigenvalue weighted by atomic mass is 10.1. The van der Waals surface area contributed by atoms with E-state index in [9.17, 15) is 19.2 Å². The molecule has 1 fully saturated rings. The number of piperazine rings is 1. The Labute approximate surface area is 217 Å². The minimum absolute atomic E-state index is 0.0568. The predicted octanol–water partition coefficient (Wildman–Crippen LogP) is 3.75. The van der Waals surface area contributed by atoms with Crippen molar-refractivity contribution in [1.82, 2.24) is 9.47 Å². The van der Waals surface area contributed by atoms with Crippen molar-refractivity contribution in [2.75, 3.05) is 37.9 Å². The molecular formula is C29H23FN4O4. The van der Waals surface area contributed by atoms with Crippen molar-refractivity contribution in [3.05, 3.63) is 99.6 Å². The maximum atomic E-state index is 13.6. The topological polar surface area (TPSA) is 87.8 Å². The largest absolute Gasteiger partial charge is 0.454 e. The van der Waals surface area contributed by atoms with Crippen LogP contribution >= 0.6 is 0 Å². The fourth-order valence-corrected chi connectivity index (χ4v) is 5.09. The average Bonchev–Trinajstić information content (AvgIpc) is 3.43. The van der Waals surface area contributed by atoms with E-state index < -0.39 is 5.56 Å². The molecule has 0 bridgehead atoms. The standard InChI is InChI=1S/C29H23FN4O4/c30-21-8-5-19(6-9-21)17-34-24-4-2-1-3-22(24)27(23(16-31)29(34)36)32-11-13-33(14-12-32)28(35)20-7-10-25-26(15-20)38-18-37-25/h1-10,15H,11-14,17-18H2. The molecule has 9 heteroatoms. The van der Waals surface area contributed by atoms with E-state index in [0.29, 0.717) is 54.4 Å². The van der Waals surface area contributed by atoms with E-state index in [2.05, 4.69) is 6.07 Å². The summed E-state index contributed by atoms with van der Waals surface area (Å²) in [5.41, 5.74) is 2.21. The molecule has 38 heavy (non-hydrogen) atoms. The van der Waals surface area contributed by atoms with Crippen LogP contribution < -0.4 is 19.9 Å². The number of hydrogen-bond acceptors (Lipinski definition) is 6. The number of nitrogens with zero attached hydrogens (tertiary/aromatic N) is 4. The Hall–Kier alpha value is -4.84. The number of carbonyl (C=O) groups excluding carboxylic acids is 1. The van der Waals surface area contributed by atoms with Crippen molar-refractivity contribution in [3.63, 3.8) is 0 Å². The lowest BCUT2D eigenvalue weighted by Gasteiger charge is -2.37. The number of para-hydroxylation sites is 1. The van der Waals surface area contributed by atoms with Gasteiger partial charge >= 0.3 is 0 Å². The van der Waals surface area contributed by atoms with Gasteiger partial charge in [-0.25, -0.2) is 4.39 Å². The Kier molecular flexibility index (Phi) is 5.92. The van der Waals surface area contributed by atoms with Gasteiger partial charge in [-0.15, -0.1) is 0 Å². The first-order valence-corrected chi connectivity index (χ1v) is 12.3. The number of amides is 1. The smallest absolute Gasteiger partial charge is 0.271 e. The molecule has 0 unspecified atom stereocenters. The Morgan fingerprint density at radius 3 is 2.45 bits per heavy atom. The van der Waals surface area contributed by atoms with E-state index in [1.54, 1.807) is 39.8 Å². The summed E-state index contributed by atoms with van der Waals surface area (Å²) in [6.07, 6.45) is 0. The van der Waals surface area contributed by atoms with Crippen LogP contribution in [0.3, 0.4) is 0 Å². The third kappa shape index (κ3) is 4.10. The van der Waals surface area contributed by atoms with Gasteiger partial charge in [0.1, 0.15) is 17.4 Å². The SMILES string of the molecule is N#Cc1c(N2CCN(C(=O)c3ccc4c(c3)OCO4)CC2)c2ccccc2n(Cc2ccc(F)cc2)c1=O. The highest BCUT2D eigenvalue weighted by atomic mass is 19.1. The quantitative estimate of drug-likeness (QED) is 0.416. The number of fused-ring (bicyclic) bond motifs is 2. The van der Waals surface area contributed by atoms with Gasteiger partial charge in [-0.05, 0) is 42.0 Å². The van der Waals surface area contributed by atoms with E-state index in [1.807, 2.05) is 29.2 Å². The number of aromatic nitrogens is 1. The molecular weight excluding hydrogens is 487 g/mol. The van der Waals surface area contributed by atoms with Gasteiger partial charge in [-0.3, -0.25) is 9.59 Å². The average molecular weight is 511 g/mol. The van der Waals surface area contributed by atoms with Crippen molar-refractivity contribution in [3.8, 4) is 17.6 Å². The first-order valence-electron chi connectivity index (χ1n) is 12.3. The molecule has 8 nitrogen and oxygen atoms in total. The number of pyridine rings is 1.